The highest BCUT2D eigenvalue weighted by Gasteiger charge is 2.11. The van der Waals surface area contributed by atoms with Crippen LogP contribution in [0, 0.1) is 5.92 Å². The minimum absolute atomic E-state index is 0.791. The Labute approximate surface area is 98.4 Å². The third-order valence-electron chi connectivity index (χ3n) is 3.36. The number of anilines is 1. The minimum atomic E-state index is 0.791. The molecule has 1 heterocycles. The summed E-state index contributed by atoms with van der Waals surface area (Å²) >= 11 is 0. The van der Waals surface area contributed by atoms with Gasteiger partial charge in [0.2, 0.25) is 0 Å². The van der Waals surface area contributed by atoms with Crippen LogP contribution in [0.1, 0.15) is 25.3 Å². The van der Waals surface area contributed by atoms with Crippen LogP contribution < -0.4 is 10.6 Å². The molecule has 1 aliphatic heterocycles. The van der Waals surface area contributed by atoms with Gasteiger partial charge in [-0.15, -0.1) is 0 Å². The average Bonchev–Trinajstić information content (AvgIpc) is 2.38. The van der Waals surface area contributed by atoms with Gasteiger partial charge in [-0.3, -0.25) is 0 Å². The molecule has 1 aromatic carbocycles. The standard InChI is InChI=1S/C14H22N2/c1-2-12-5-7-14(8-6-12)16-11-13-4-3-9-15-10-13/h5-8,13,15-16H,2-4,9-11H2,1H3. The van der Waals surface area contributed by atoms with E-state index in [1.807, 2.05) is 0 Å². The van der Waals surface area contributed by atoms with Gasteiger partial charge < -0.3 is 10.6 Å². The van der Waals surface area contributed by atoms with Gasteiger partial charge in [-0.25, -0.2) is 0 Å². The topological polar surface area (TPSA) is 24.1 Å². The molecular formula is C14H22N2. The molecule has 1 fully saturated rings. The van der Waals surface area contributed by atoms with E-state index in [-0.39, 0.29) is 0 Å². The molecule has 16 heavy (non-hydrogen) atoms. The molecule has 0 aromatic heterocycles. The predicted octanol–water partition coefficient (Wildman–Crippen LogP) is 2.66. The quantitative estimate of drug-likeness (QED) is 0.812. The van der Waals surface area contributed by atoms with Crippen molar-refractivity contribution in [2.45, 2.75) is 26.2 Å². The molecule has 88 valence electrons. The number of hydrogen-bond acceptors (Lipinski definition) is 2. The normalized spacial score (nSPS) is 20.7. The summed E-state index contributed by atoms with van der Waals surface area (Å²) in [7, 11) is 0. The smallest absolute Gasteiger partial charge is 0.0340 e. The van der Waals surface area contributed by atoms with Crippen LogP contribution >= 0.6 is 0 Å². The van der Waals surface area contributed by atoms with Gasteiger partial charge in [0.25, 0.3) is 0 Å². The van der Waals surface area contributed by atoms with Crippen molar-refractivity contribution in [1.29, 1.82) is 0 Å². The Hall–Kier alpha value is -1.02. The van der Waals surface area contributed by atoms with E-state index >= 15 is 0 Å². The van der Waals surface area contributed by atoms with Crippen molar-refractivity contribution < 1.29 is 0 Å². The molecule has 1 unspecified atom stereocenters. The molecule has 0 saturated carbocycles. The van der Waals surface area contributed by atoms with Crippen LogP contribution in [0.3, 0.4) is 0 Å². The third-order valence-corrected chi connectivity index (χ3v) is 3.36. The molecule has 1 saturated heterocycles. The Morgan fingerprint density at radius 2 is 2.12 bits per heavy atom. The summed E-state index contributed by atoms with van der Waals surface area (Å²) in [4.78, 5) is 0. The summed E-state index contributed by atoms with van der Waals surface area (Å²) in [6, 6.07) is 8.80. The first-order chi connectivity index (χ1) is 7.88. The summed E-state index contributed by atoms with van der Waals surface area (Å²) in [5.74, 6) is 0.791. The highest BCUT2D eigenvalue weighted by molar-refractivity contribution is 5.44. The highest BCUT2D eigenvalue weighted by Crippen LogP contribution is 2.13. The van der Waals surface area contributed by atoms with Gasteiger partial charge in [0.15, 0.2) is 0 Å². The lowest BCUT2D eigenvalue weighted by Gasteiger charge is -2.23. The molecular weight excluding hydrogens is 196 g/mol. The minimum Gasteiger partial charge on any atom is -0.385 e. The van der Waals surface area contributed by atoms with Gasteiger partial charge in [0.1, 0.15) is 0 Å². The van der Waals surface area contributed by atoms with E-state index < -0.39 is 0 Å². The second kappa shape index (κ2) is 5.90. The van der Waals surface area contributed by atoms with E-state index in [1.165, 1.54) is 37.2 Å². The molecule has 2 N–H and O–H groups in total. The second-order valence-corrected chi connectivity index (χ2v) is 4.64. The monoisotopic (exact) mass is 218 g/mol. The first kappa shape index (κ1) is 11.5. The maximum absolute atomic E-state index is 3.53. The Morgan fingerprint density at radius 3 is 2.75 bits per heavy atom. The molecule has 0 amide bonds. The zero-order valence-corrected chi connectivity index (χ0v) is 10.1. The molecule has 2 heteroatoms. The van der Waals surface area contributed by atoms with E-state index in [0.29, 0.717) is 0 Å². The number of hydrogen-bond donors (Lipinski definition) is 2. The van der Waals surface area contributed by atoms with Crippen molar-refractivity contribution in [3.05, 3.63) is 29.8 Å². The van der Waals surface area contributed by atoms with Crippen LogP contribution in [0.15, 0.2) is 24.3 Å². The van der Waals surface area contributed by atoms with Gasteiger partial charge in [-0.1, -0.05) is 19.1 Å². The summed E-state index contributed by atoms with van der Waals surface area (Å²) in [5.41, 5.74) is 2.66. The lowest BCUT2D eigenvalue weighted by atomic mass is 10.00. The van der Waals surface area contributed by atoms with Gasteiger partial charge in [0.05, 0.1) is 0 Å². The van der Waals surface area contributed by atoms with Gasteiger partial charge >= 0.3 is 0 Å². The Bertz CT molecular complexity index is 299. The van der Waals surface area contributed by atoms with E-state index in [4.69, 9.17) is 0 Å². The summed E-state index contributed by atoms with van der Waals surface area (Å²) in [6.07, 6.45) is 3.79. The first-order valence-corrected chi connectivity index (χ1v) is 6.42. The number of nitrogens with one attached hydrogen (secondary N) is 2. The van der Waals surface area contributed by atoms with Crippen LogP contribution in [0.5, 0.6) is 0 Å². The zero-order chi connectivity index (χ0) is 11.2. The highest BCUT2D eigenvalue weighted by atomic mass is 14.9. The SMILES string of the molecule is CCc1ccc(NCC2CCCNC2)cc1. The summed E-state index contributed by atoms with van der Waals surface area (Å²) in [5, 5.41) is 6.98. The molecule has 0 radical (unpaired) electrons. The van der Waals surface area contributed by atoms with Gasteiger partial charge in [0, 0.05) is 12.2 Å². The van der Waals surface area contributed by atoms with Crippen molar-refractivity contribution in [3.8, 4) is 0 Å². The van der Waals surface area contributed by atoms with Gasteiger partial charge in [-0.05, 0) is 56.0 Å². The van der Waals surface area contributed by atoms with Crippen LogP contribution in [0.4, 0.5) is 5.69 Å². The van der Waals surface area contributed by atoms with Gasteiger partial charge in [-0.2, -0.15) is 0 Å². The number of rotatable bonds is 4. The Morgan fingerprint density at radius 1 is 1.31 bits per heavy atom. The molecule has 0 aliphatic carbocycles. The largest absolute Gasteiger partial charge is 0.385 e. The molecule has 2 nitrogen and oxygen atoms in total. The van der Waals surface area contributed by atoms with Crippen LogP contribution in [0.25, 0.3) is 0 Å². The van der Waals surface area contributed by atoms with Crippen LogP contribution in [-0.4, -0.2) is 19.6 Å². The van der Waals surface area contributed by atoms with Crippen molar-refractivity contribution in [1.82, 2.24) is 5.32 Å². The van der Waals surface area contributed by atoms with E-state index in [1.54, 1.807) is 0 Å². The predicted molar refractivity (Wildman–Crippen MR) is 69.9 cm³/mol. The Balaban J connectivity index is 1.79. The Kier molecular flexibility index (Phi) is 4.23. The second-order valence-electron chi connectivity index (χ2n) is 4.64. The first-order valence-electron chi connectivity index (χ1n) is 6.42. The average molecular weight is 218 g/mol. The molecule has 1 atom stereocenters. The zero-order valence-electron chi connectivity index (χ0n) is 10.1. The molecule has 0 spiro atoms. The van der Waals surface area contributed by atoms with E-state index in [0.717, 1.165) is 18.9 Å². The third kappa shape index (κ3) is 3.24. The van der Waals surface area contributed by atoms with Crippen molar-refractivity contribution >= 4 is 5.69 Å². The fourth-order valence-electron chi connectivity index (χ4n) is 2.22. The van der Waals surface area contributed by atoms with E-state index in [9.17, 15) is 0 Å². The fraction of sp³-hybridized carbons (Fsp3) is 0.571. The number of piperidine rings is 1. The lowest BCUT2D eigenvalue weighted by Crippen LogP contribution is -2.33. The van der Waals surface area contributed by atoms with Crippen molar-refractivity contribution in [2.24, 2.45) is 5.92 Å². The van der Waals surface area contributed by atoms with Crippen LogP contribution in [0.2, 0.25) is 0 Å². The number of aryl methyl sites for hydroxylation is 1. The molecule has 2 rings (SSSR count). The van der Waals surface area contributed by atoms with Crippen LogP contribution in [-0.2, 0) is 6.42 Å². The fourth-order valence-corrected chi connectivity index (χ4v) is 2.22. The number of benzene rings is 1. The molecule has 1 aliphatic rings. The molecule has 0 bridgehead atoms. The molecule has 1 aromatic rings. The van der Waals surface area contributed by atoms with Crippen molar-refractivity contribution in [3.63, 3.8) is 0 Å². The van der Waals surface area contributed by atoms with E-state index in [2.05, 4.69) is 41.8 Å². The lowest BCUT2D eigenvalue weighted by molar-refractivity contribution is 0.393. The van der Waals surface area contributed by atoms with Crippen molar-refractivity contribution in [2.75, 3.05) is 25.0 Å². The summed E-state index contributed by atoms with van der Waals surface area (Å²) in [6.45, 7) is 5.65. The maximum Gasteiger partial charge on any atom is 0.0340 e. The maximum atomic E-state index is 3.53. The summed E-state index contributed by atoms with van der Waals surface area (Å²) < 4.78 is 0.